The van der Waals surface area contributed by atoms with Gasteiger partial charge in [-0.1, -0.05) is 25.3 Å². The molecule has 1 aromatic heterocycles. The third kappa shape index (κ3) is 3.17. The number of carbonyl (C=O) groups excluding carboxylic acids is 1. The number of nitrogens with zero attached hydrogens (tertiary/aromatic N) is 2. The second-order valence-electron chi connectivity index (χ2n) is 9.46. The number of carbonyl (C=O) groups is 1. The van der Waals surface area contributed by atoms with Gasteiger partial charge in [-0.05, 0) is 74.8 Å². The number of rotatable bonds is 2. The molecule has 1 N–H and O–H groups in total. The Labute approximate surface area is 174 Å². The molecule has 2 fully saturated rings. The first kappa shape index (κ1) is 18.8. The first-order valence-electron chi connectivity index (χ1n) is 11.4. The molecule has 29 heavy (non-hydrogen) atoms. The Morgan fingerprint density at radius 2 is 1.86 bits per heavy atom. The Balaban J connectivity index is 1.34. The van der Waals surface area contributed by atoms with Crippen molar-refractivity contribution >= 4 is 11.6 Å². The van der Waals surface area contributed by atoms with Crippen LogP contribution in [0.2, 0.25) is 0 Å². The van der Waals surface area contributed by atoms with Crippen LogP contribution in [-0.4, -0.2) is 28.5 Å². The van der Waals surface area contributed by atoms with Gasteiger partial charge in [0.25, 0.3) is 0 Å². The van der Waals surface area contributed by atoms with Crippen LogP contribution in [-0.2, 0) is 10.3 Å². The van der Waals surface area contributed by atoms with E-state index in [1.165, 1.54) is 60.3 Å². The van der Waals surface area contributed by atoms with Crippen LogP contribution in [0.3, 0.4) is 0 Å². The molecule has 5 rings (SSSR count). The van der Waals surface area contributed by atoms with Crippen molar-refractivity contribution in [2.45, 2.75) is 70.8 Å². The van der Waals surface area contributed by atoms with E-state index in [4.69, 9.17) is 0 Å². The van der Waals surface area contributed by atoms with Gasteiger partial charge in [-0.25, -0.2) is 0 Å². The van der Waals surface area contributed by atoms with Crippen LogP contribution in [0.15, 0.2) is 30.5 Å². The van der Waals surface area contributed by atoms with Crippen molar-refractivity contribution in [3.05, 3.63) is 47.3 Å². The summed E-state index contributed by atoms with van der Waals surface area (Å²) in [5.74, 6) is 1.00. The highest BCUT2D eigenvalue weighted by molar-refractivity contribution is 5.77. The lowest BCUT2D eigenvalue weighted by Crippen LogP contribution is -2.51. The summed E-state index contributed by atoms with van der Waals surface area (Å²) in [6, 6.07) is 8.86. The van der Waals surface area contributed by atoms with Crippen molar-refractivity contribution < 1.29 is 4.79 Å². The minimum Gasteiger partial charge on any atom is -0.372 e. The predicted octanol–water partition coefficient (Wildman–Crippen LogP) is 5.31. The van der Waals surface area contributed by atoms with Gasteiger partial charge in [-0.3, -0.25) is 4.79 Å². The second-order valence-corrected chi connectivity index (χ2v) is 9.46. The molecule has 4 heteroatoms. The van der Waals surface area contributed by atoms with Gasteiger partial charge in [0.1, 0.15) is 0 Å². The summed E-state index contributed by atoms with van der Waals surface area (Å²) in [5.41, 5.74) is 6.44. The van der Waals surface area contributed by atoms with Gasteiger partial charge < -0.3 is 14.8 Å². The van der Waals surface area contributed by atoms with Crippen molar-refractivity contribution in [2.24, 2.45) is 5.92 Å². The third-order valence-corrected chi connectivity index (χ3v) is 7.71. The van der Waals surface area contributed by atoms with Crippen LogP contribution in [0.5, 0.6) is 0 Å². The van der Waals surface area contributed by atoms with Gasteiger partial charge in [-0.15, -0.1) is 0 Å². The summed E-state index contributed by atoms with van der Waals surface area (Å²) in [6.45, 7) is 6.09. The number of piperidine rings is 1. The largest absolute Gasteiger partial charge is 0.372 e. The highest BCUT2D eigenvalue weighted by Gasteiger charge is 2.42. The lowest BCUT2D eigenvalue weighted by Gasteiger charge is -2.47. The Hall–Kier alpha value is -2.23. The maximum absolute atomic E-state index is 12.9. The third-order valence-electron chi connectivity index (χ3n) is 7.71. The number of aromatic nitrogens is 1. The van der Waals surface area contributed by atoms with Crippen molar-refractivity contribution in [2.75, 3.05) is 18.4 Å². The summed E-state index contributed by atoms with van der Waals surface area (Å²) < 4.78 is 2.38. The van der Waals surface area contributed by atoms with Crippen LogP contribution >= 0.6 is 0 Å². The standard InChI is InChI=1S/C25H33N3O/c1-18-10-11-21-24(19(18)2)28-14-6-9-22(28)25(26-21)12-15-27(16-13-25)23(29)17-20-7-4-3-5-8-20/h6,9-11,14,20,26H,3-5,7-8,12-13,15-17H2,1-2H3. The van der Waals surface area contributed by atoms with E-state index in [0.717, 1.165) is 32.4 Å². The maximum atomic E-state index is 12.9. The summed E-state index contributed by atoms with van der Waals surface area (Å²) >= 11 is 0. The summed E-state index contributed by atoms with van der Waals surface area (Å²) in [6.07, 6.45) is 11.4. The van der Waals surface area contributed by atoms with Crippen LogP contribution in [0.25, 0.3) is 5.69 Å². The molecule has 154 valence electrons. The number of nitrogens with one attached hydrogen (secondary N) is 1. The van der Waals surface area contributed by atoms with E-state index in [1.807, 2.05) is 0 Å². The number of benzene rings is 1. The van der Waals surface area contributed by atoms with Crippen molar-refractivity contribution in [3.8, 4) is 5.69 Å². The molecule has 1 amide bonds. The van der Waals surface area contributed by atoms with Gasteiger partial charge in [0, 0.05) is 31.4 Å². The molecular formula is C25H33N3O. The van der Waals surface area contributed by atoms with E-state index in [9.17, 15) is 4.79 Å². The number of anilines is 1. The minimum atomic E-state index is -0.0696. The lowest BCUT2D eigenvalue weighted by molar-refractivity contribution is -0.134. The molecule has 2 aromatic rings. The monoisotopic (exact) mass is 391 g/mol. The van der Waals surface area contributed by atoms with Gasteiger partial charge in [0.2, 0.25) is 5.91 Å². The molecule has 3 heterocycles. The van der Waals surface area contributed by atoms with E-state index in [1.54, 1.807) is 0 Å². The second kappa shape index (κ2) is 7.23. The molecule has 1 saturated heterocycles. The molecule has 1 saturated carbocycles. The molecule has 4 nitrogen and oxygen atoms in total. The average Bonchev–Trinajstić information content (AvgIpc) is 3.23. The fourth-order valence-corrected chi connectivity index (χ4v) is 5.79. The van der Waals surface area contributed by atoms with Crippen molar-refractivity contribution in [3.63, 3.8) is 0 Å². The highest BCUT2D eigenvalue weighted by atomic mass is 16.2. The number of likely N-dealkylation sites (tertiary alicyclic amines) is 1. The van der Waals surface area contributed by atoms with E-state index < -0.39 is 0 Å². The number of hydrogen-bond acceptors (Lipinski definition) is 2. The molecule has 1 aliphatic carbocycles. The molecule has 1 aromatic carbocycles. The summed E-state index contributed by atoms with van der Waals surface area (Å²) in [7, 11) is 0. The molecule has 0 unspecified atom stereocenters. The first-order chi connectivity index (χ1) is 14.1. The van der Waals surface area contributed by atoms with Crippen molar-refractivity contribution in [1.29, 1.82) is 0 Å². The zero-order chi connectivity index (χ0) is 20.0. The zero-order valence-electron chi connectivity index (χ0n) is 17.8. The molecule has 1 spiro atoms. The molecule has 2 aliphatic heterocycles. The van der Waals surface area contributed by atoms with E-state index in [2.05, 4.69) is 59.1 Å². The normalized spacial score (nSPS) is 20.8. The van der Waals surface area contributed by atoms with Crippen LogP contribution in [0.1, 0.15) is 68.2 Å². The molecular weight excluding hydrogens is 358 g/mol. The minimum absolute atomic E-state index is 0.0696. The van der Waals surface area contributed by atoms with Gasteiger partial charge in [0.15, 0.2) is 0 Å². The van der Waals surface area contributed by atoms with E-state index in [-0.39, 0.29) is 5.54 Å². The SMILES string of the molecule is Cc1ccc2c(c1C)-n1cccc1C1(CCN(C(=O)CC3CCCCC3)CC1)N2. The van der Waals surface area contributed by atoms with E-state index in [0.29, 0.717) is 11.8 Å². The fourth-order valence-electron chi connectivity index (χ4n) is 5.79. The first-order valence-corrected chi connectivity index (χ1v) is 11.4. The highest BCUT2D eigenvalue weighted by Crippen LogP contribution is 2.45. The summed E-state index contributed by atoms with van der Waals surface area (Å²) in [4.78, 5) is 15.0. The van der Waals surface area contributed by atoms with Crippen LogP contribution < -0.4 is 5.32 Å². The maximum Gasteiger partial charge on any atom is 0.222 e. The van der Waals surface area contributed by atoms with E-state index >= 15 is 0 Å². The Bertz CT molecular complexity index is 914. The topological polar surface area (TPSA) is 37.3 Å². The molecule has 0 radical (unpaired) electrons. The van der Waals surface area contributed by atoms with Crippen molar-refractivity contribution in [1.82, 2.24) is 9.47 Å². The average molecular weight is 392 g/mol. The summed E-state index contributed by atoms with van der Waals surface area (Å²) in [5, 5.41) is 3.90. The fraction of sp³-hybridized carbons (Fsp3) is 0.560. The quantitative estimate of drug-likeness (QED) is 0.753. The lowest BCUT2D eigenvalue weighted by atomic mass is 9.81. The smallest absolute Gasteiger partial charge is 0.222 e. The van der Waals surface area contributed by atoms with Gasteiger partial charge in [0.05, 0.1) is 16.9 Å². The van der Waals surface area contributed by atoms with Gasteiger partial charge in [-0.2, -0.15) is 0 Å². The molecule has 3 aliphatic rings. The predicted molar refractivity (Wildman–Crippen MR) is 118 cm³/mol. The number of fused-ring (bicyclic) bond motifs is 4. The number of aryl methyl sites for hydroxylation is 1. The van der Waals surface area contributed by atoms with Crippen LogP contribution in [0.4, 0.5) is 5.69 Å². The van der Waals surface area contributed by atoms with Crippen LogP contribution in [0, 0.1) is 19.8 Å². The Morgan fingerprint density at radius 1 is 1.10 bits per heavy atom. The molecule has 0 bridgehead atoms. The zero-order valence-corrected chi connectivity index (χ0v) is 17.8. The Kier molecular flexibility index (Phi) is 4.68. The molecule has 0 atom stereocenters. The van der Waals surface area contributed by atoms with Gasteiger partial charge >= 0.3 is 0 Å². The number of hydrogen-bond donors (Lipinski definition) is 1. The Morgan fingerprint density at radius 3 is 2.62 bits per heavy atom. The number of amides is 1.